The summed E-state index contributed by atoms with van der Waals surface area (Å²) in [4.78, 5) is 6.20. The second-order valence-electron chi connectivity index (χ2n) is 3.49. The molecule has 0 aliphatic carbocycles. The zero-order chi connectivity index (χ0) is 10.4. The molecule has 74 valence electrons. The van der Waals surface area contributed by atoms with E-state index in [4.69, 9.17) is 5.26 Å². The molecule has 1 atom stereocenters. The highest BCUT2D eigenvalue weighted by Gasteiger charge is 2.08. The van der Waals surface area contributed by atoms with Gasteiger partial charge in [-0.1, -0.05) is 6.07 Å². The van der Waals surface area contributed by atoms with Gasteiger partial charge in [0.1, 0.15) is 0 Å². The van der Waals surface area contributed by atoms with E-state index in [1.54, 1.807) is 6.20 Å². The monoisotopic (exact) mass is 189 g/mol. The van der Waals surface area contributed by atoms with Crippen LogP contribution in [0.25, 0.3) is 0 Å². The van der Waals surface area contributed by atoms with Gasteiger partial charge in [0.05, 0.1) is 12.5 Å². The van der Waals surface area contributed by atoms with Crippen LogP contribution >= 0.6 is 0 Å². The Morgan fingerprint density at radius 1 is 1.64 bits per heavy atom. The molecule has 0 aliphatic rings. The number of nitriles is 1. The van der Waals surface area contributed by atoms with Crippen molar-refractivity contribution in [1.82, 2.24) is 9.88 Å². The predicted molar refractivity (Wildman–Crippen MR) is 55.4 cm³/mol. The van der Waals surface area contributed by atoms with Crippen LogP contribution in [0.15, 0.2) is 24.5 Å². The molecule has 0 N–H and O–H groups in total. The van der Waals surface area contributed by atoms with Gasteiger partial charge in [-0.2, -0.15) is 5.26 Å². The van der Waals surface area contributed by atoms with Gasteiger partial charge in [-0.05, 0) is 25.6 Å². The first-order valence-electron chi connectivity index (χ1n) is 4.70. The summed E-state index contributed by atoms with van der Waals surface area (Å²) >= 11 is 0. The Kier molecular flexibility index (Phi) is 4.09. The lowest BCUT2D eigenvalue weighted by Crippen LogP contribution is -2.28. The summed E-state index contributed by atoms with van der Waals surface area (Å²) in [6.45, 7) is 2.90. The van der Waals surface area contributed by atoms with Crippen LogP contribution < -0.4 is 0 Å². The molecule has 0 bridgehead atoms. The standard InChI is InChI=1S/C11H15N3/c1-10(5-6-12)14(2)9-11-4-3-7-13-8-11/h3-4,7-8,10H,5,9H2,1-2H3. The first-order valence-corrected chi connectivity index (χ1v) is 4.70. The third kappa shape index (κ3) is 3.15. The topological polar surface area (TPSA) is 39.9 Å². The van der Waals surface area contributed by atoms with Crippen molar-refractivity contribution in [3.63, 3.8) is 0 Å². The Bertz CT molecular complexity index is 302. The number of hydrogen-bond donors (Lipinski definition) is 0. The summed E-state index contributed by atoms with van der Waals surface area (Å²) in [5.74, 6) is 0. The minimum Gasteiger partial charge on any atom is -0.298 e. The number of pyridine rings is 1. The quantitative estimate of drug-likeness (QED) is 0.725. The van der Waals surface area contributed by atoms with E-state index in [-0.39, 0.29) is 0 Å². The van der Waals surface area contributed by atoms with E-state index in [9.17, 15) is 0 Å². The van der Waals surface area contributed by atoms with Gasteiger partial charge in [-0.15, -0.1) is 0 Å². The molecule has 1 heterocycles. The van der Waals surface area contributed by atoms with E-state index >= 15 is 0 Å². The number of hydrogen-bond acceptors (Lipinski definition) is 3. The summed E-state index contributed by atoms with van der Waals surface area (Å²) in [6.07, 6.45) is 4.19. The van der Waals surface area contributed by atoms with Gasteiger partial charge in [0.15, 0.2) is 0 Å². The summed E-state index contributed by atoms with van der Waals surface area (Å²) in [5, 5.41) is 8.56. The van der Waals surface area contributed by atoms with Crippen LogP contribution in [-0.4, -0.2) is 23.0 Å². The second kappa shape index (κ2) is 5.36. The van der Waals surface area contributed by atoms with E-state index < -0.39 is 0 Å². The van der Waals surface area contributed by atoms with Crippen LogP contribution in [0, 0.1) is 11.3 Å². The maximum atomic E-state index is 8.56. The van der Waals surface area contributed by atoms with Gasteiger partial charge < -0.3 is 0 Å². The highest BCUT2D eigenvalue weighted by molar-refractivity contribution is 5.08. The number of rotatable bonds is 4. The molecule has 0 spiro atoms. The molecular weight excluding hydrogens is 174 g/mol. The molecule has 1 aromatic rings. The minimum absolute atomic E-state index is 0.292. The Balaban J connectivity index is 2.49. The molecular formula is C11H15N3. The molecule has 0 radical (unpaired) electrons. The van der Waals surface area contributed by atoms with Crippen LogP contribution in [0.1, 0.15) is 18.9 Å². The fourth-order valence-electron chi connectivity index (χ4n) is 1.22. The van der Waals surface area contributed by atoms with Crippen molar-refractivity contribution in [2.75, 3.05) is 7.05 Å². The molecule has 1 aromatic heterocycles. The largest absolute Gasteiger partial charge is 0.298 e. The van der Waals surface area contributed by atoms with Crippen LogP contribution in [0.2, 0.25) is 0 Å². The highest BCUT2D eigenvalue weighted by atomic mass is 15.1. The smallest absolute Gasteiger partial charge is 0.0638 e. The predicted octanol–water partition coefficient (Wildman–Crippen LogP) is 1.82. The van der Waals surface area contributed by atoms with Crippen molar-refractivity contribution in [2.45, 2.75) is 25.9 Å². The van der Waals surface area contributed by atoms with Gasteiger partial charge in [0.25, 0.3) is 0 Å². The lowest BCUT2D eigenvalue weighted by Gasteiger charge is -2.22. The molecule has 14 heavy (non-hydrogen) atoms. The van der Waals surface area contributed by atoms with Crippen LogP contribution in [-0.2, 0) is 6.54 Å². The fraction of sp³-hybridized carbons (Fsp3) is 0.455. The molecule has 3 nitrogen and oxygen atoms in total. The van der Waals surface area contributed by atoms with Crippen molar-refractivity contribution < 1.29 is 0 Å². The fourth-order valence-corrected chi connectivity index (χ4v) is 1.22. The van der Waals surface area contributed by atoms with Crippen molar-refractivity contribution in [3.8, 4) is 6.07 Å². The summed E-state index contributed by atoms with van der Waals surface area (Å²) in [6, 6.07) is 6.44. The summed E-state index contributed by atoms with van der Waals surface area (Å²) in [7, 11) is 2.02. The van der Waals surface area contributed by atoms with E-state index in [2.05, 4.69) is 22.9 Å². The van der Waals surface area contributed by atoms with Crippen LogP contribution in [0.3, 0.4) is 0 Å². The highest BCUT2D eigenvalue weighted by Crippen LogP contribution is 2.06. The van der Waals surface area contributed by atoms with E-state index in [1.807, 2.05) is 25.4 Å². The maximum Gasteiger partial charge on any atom is 0.0638 e. The van der Waals surface area contributed by atoms with Crippen LogP contribution in [0.4, 0.5) is 0 Å². The zero-order valence-electron chi connectivity index (χ0n) is 8.64. The lowest BCUT2D eigenvalue weighted by atomic mass is 10.2. The SMILES string of the molecule is CC(CC#N)N(C)Cc1cccnc1. The van der Waals surface area contributed by atoms with Gasteiger partial charge >= 0.3 is 0 Å². The van der Waals surface area contributed by atoms with Gasteiger partial charge in [-0.3, -0.25) is 9.88 Å². The summed E-state index contributed by atoms with van der Waals surface area (Å²) in [5.41, 5.74) is 1.18. The molecule has 0 saturated heterocycles. The van der Waals surface area contributed by atoms with E-state index in [1.165, 1.54) is 5.56 Å². The second-order valence-corrected chi connectivity index (χ2v) is 3.49. The molecule has 0 saturated carbocycles. The lowest BCUT2D eigenvalue weighted by molar-refractivity contribution is 0.252. The third-order valence-electron chi connectivity index (χ3n) is 2.29. The Morgan fingerprint density at radius 2 is 2.43 bits per heavy atom. The van der Waals surface area contributed by atoms with Crippen molar-refractivity contribution >= 4 is 0 Å². The Hall–Kier alpha value is -1.40. The van der Waals surface area contributed by atoms with E-state index in [0.29, 0.717) is 12.5 Å². The molecule has 0 fully saturated rings. The molecule has 0 amide bonds. The van der Waals surface area contributed by atoms with Crippen molar-refractivity contribution in [1.29, 1.82) is 5.26 Å². The molecule has 0 aromatic carbocycles. The minimum atomic E-state index is 0.292. The van der Waals surface area contributed by atoms with Gasteiger partial charge in [0.2, 0.25) is 0 Å². The van der Waals surface area contributed by atoms with Crippen LogP contribution in [0.5, 0.6) is 0 Å². The van der Waals surface area contributed by atoms with Gasteiger partial charge in [0, 0.05) is 25.0 Å². The molecule has 1 rings (SSSR count). The van der Waals surface area contributed by atoms with Gasteiger partial charge in [-0.25, -0.2) is 0 Å². The number of aromatic nitrogens is 1. The molecule has 0 aliphatic heterocycles. The van der Waals surface area contributed by atoms with E-state index in [0.717, 1.165) is 6.54 Å². The third-order valence-corrected chi connectivity index (χ3v) is 2.29. The zero-order valence-corrected chi connectivity index (χ0v) is 8.64. The van der Waals surface area contributed by atoms with Crippen molar-refractivity contribution in [2.24, 2.45) is 0 Å². The number of nitrogens with zero attached hydrogens (tertiary/aromatic N) is 3. The normalized spacial score (nSPS) is 12.4. The molecule has 3 heteroatoms. The maximum absolute atomic E-state index is 8.56. The first kappa shape index (κ1) is 10.7. The summed E-state index contributed by atoms with van der Waals surface area (Å²) < 4.78 is 0. The van der Waals surface area contributed by atoms with Crippen molar-refractivity contribution in [3.05, 3.63) is 30.1 Å². The average molecular weight is 189 g/mol. The molecule has 1 unspecified atom stereocenters. The first-order chi connectivity index (χ1) is 6.74. The Labute approximate surface area is 85.0 Å². The average Bonchev–Trinajstić information content (AvgIpc) is 2.19. The Morgan fingerprint density at radius 3 is 3.00 bits per heavy atom.